The van der Waals surface area contributed by atoms with Gasteiger partial charge in [0.15, 0.2) is 11.5 Å². The number of carbonyl (C=O) groups excluding carboxylic acids is 1. The lowest BCUT2D eigenvalue weighted by Crippen LogP contribution is -2.09. The van der Waals surface area contributed by atoms with Gasteiger partial charge in [0.1, 0.15) is 0 Å². The molecule has 7 heteroatoms. The Balaban J connectivity index is 2.19. The molecule has 1 N–H and O–H groups in total. The van der Waals surface area contributed by atoms with Crippen LogP contribution < -0.4 is 14.8 Å². The minimum Gasteiger partial charge on any atom is -0.493 e. The van der Waals surface area contributed by atoms with Crippen molar-refractivity contribution in [2.75, 3.05) is 12.4 Å². The highest BCUT2D eigenvalue weighted by atomic mass is 19.3. The molecule has 1 amide bonds. The second-order valence-corrected chi connectivity index (χ2v) is 4.77. The third kappa shape index (κ3) is 4.52. The van der Waals surface area contributed by atoms with Crippen LogP contribution in [0.5, 0.6) is 11.5 Å². The average Bonchev–Trinajstić information content (AvgIpc) is 2.55. The lowest BCUT2D eigenvalue weighted by atomic mass is 10.1. The molecule has 0 aliphatic heterocycles. The summed E-state index contributed by atoms with van der Waals surface area (Å²) in [6.07, 6.45) is 5.74. The van der Waals surface area contributed by atoms with Crippen molar-refractivity contribution in [1.82, 2.24) is 4.98 Å². The Hall–Kier alpha value is -2.96. The van der Waals surface area contributed by atoms with E-state index in [2.05, 4.69) is 15.0 Å². The zero-order valence-corrected chi connectivity index (χ0v) is 13.1. The number of carbonyl (C=O) groups is 1. The number of nitrogens with zero attached hydrogens (tertiary/aromatic N) is 1. The number of benzene rings is 1. The molecule has 0 atom stereocenters. The first kappa shape index (κ1) is 17.4. The van der Waals surface area contributed by atoms with Crippen LogP contribution in [0.1, 0.15) is 11.1 Å². The summed E-state index contributed by atoms with van der Waals surface area (Å²) in [5.41, 5.74) is 1.73. The number of anilines is 1. The molecule has 0 saturated carbocycles. The smallest absolute Gasteiger partial charge is 0.387 e. The molecular formula is C17H16F2N2O3. The summed E-state index contributed by atoms with van der Waals surface area (Å²) in [6, 6.07) is 6.41. The Morgan fingerprint density at radius 2 is 2.12 bits per heavy atom. The minimum absolute atomic E-state index is 0.128. The van der Waals surface area contributed by atoms with Crippen molar-refractivity contribution in [3.8, 4) is 11.5 Å². The van der Waals surface area contributed by atoms with Gasteiger partial charge in [-0.3, -0.25) is 9.78 Å². The van der Waals surface area contributed by atoms with Gasteiger partial charge in [0.25, 0.3) is 0 Å². The molecule has 0 aliphatic carbocycles. The summed E-state index contributed by atoms with van der Waals surface area (Å²) >= 11 is 0. The first-order chi connectivity index (χ1) is 11.5. The van der Waals surface area contributed by atoms with Crippen molar-refractivity contribution in [2.45, 2.75) is 13.5 Å². The molecule has 0 spiro atoms. The number of hydrogen-bond donors (Lipinski definition) is 1. The highest BCUT2D eigenvalue weighted by molar-refractivity contribution is 6.02. The van der Waals surface area contributed by atoms with E-state index >= 15 is 0 Å². The highest BCUT2D eigenvalue weighted by Gasteiger charge is 2.14. The van der Waals surface area contributed by atoms with Gasteiger partial charge in [-0.2, -0.15) is 8.78 Å². The summed E-state index contributed by atoms with van der Waals surface area (Å²) in [4.78, 5) is 15.9. The van der Waals surface area contributed by atoms with Gasteiger partial charge in [0.05, 0.1) is 19.0 Å². The van der Waals surface area contributed by atoms with Crippen LogP contribution in [-0.4, -0.2) is 24.6 Å². The van der Waals surface area contributed by atoms with Crippen molar-refractivity contribution >= 4 is 17.7 Å². The standard InChI is InChI=1S/C17H16F2N2O3/c1-11-8-9-20-10-13(11)21-15(22)7-6-12-4-3-5-14(23-2)16(12)24-17(18)19/h3-10,17H,1-2H3,(H,21,22). The number of aryl methyl sites for hydroxylation is 1. The normalized spacial score (nSPS) is 10.9. The van der Waals surface area contributed by atoms with Crippen molar-refractivity contribution in [1.29, 1.82) is 0 Å². The molecule has 1 aromatic carbocycles. The fourth-order valence-electron chi connectivity index (χ4n) is 1.97. The van der Waals surface area contributed by atoms with Crippen LogP contribution in [-0.2, 0) is 4.79 Å². The summed E-state index contributed by atoms with van der Waals surface area (Å²) in [5, 5.41) is 2.66. The summed E-state index contributed by atoms with van der Waals surface area (Å²) < 4.78 is 34.6. The Morgan fingerprint density at radius 1 is 1.33 bits per heavy atom. The minimum atomic E-state index is -3.00. The third-order valence-corrected chi connectivity index (χ3v) is 3.15. The van der Waals surface area contributed by atoms with Crippen LogP contribution in [0.15, 0.2) is 42.7 Å². The molecule has 0 bridgehead atoms. The summed E-state index contributed by atoms with van der Waals surface area (Å²) in [7, 11) is 1.35. The van der Waals surface area contributed by atoms with E-state index < -0.39 is 12.5 Å². The zero-order valence-electron chi connectivity index (χ0n) is 13.1. The molecular weight excluding hydrogens is 318 g/mol. The first-order valence-corrected chi connectivity index (χ1v) is 7.02. The lowest BCUT2D eigenvalue weighted by Gasteiger charge is -2.12. The topological polar surface area (TPSA) is 60.5 Å². The second-order valence-electron chi connectivity index (χ2n) is 4.77. The van der Waals surface area contributed by atoms with Crippen LogP contribution in [0, 0.1) is 6.92 Å². The molecule has 0 saturated heterocycles. The van der Waals surface area contributed by atoms with E-state index in [4.69, 9.17) is 4.74 Å². The maximum atomic E-state index is 12.6. The van der Waals surface area contributed by atoms with E-state index in [1.807, 2.05) is 6.92 Å². The maximum absolute atomic E-state index is 12.6. The molecule has 0 fully saturated rings. The number of hydrogen-bond acceptors (Lipinski definition) is 4. The molecule has 5 nitrogen and oxygen atoms in total. The zero-order chi connectivity index (χ0) is 17.5. The summed E-state index contributed by atoms with van der Waals surface area (Å²) in [6.45, 7) is -1.17. The van der Waals surface area contributed by atoms with Crippen molar-refractivity contribution in [3.05, 3.63) is 53.9 Å². The number of rotatable bonds is 6. The Labute approximate surface area is 137 Å². The summed E-state index contributed by atoms with van der Waals surface area (Å²) in [5.74, 6) is -0.394. The van der Waals surface area contributed by atoms with Gasteiger partial charge in [0, 0.05) is 17.8 Å². The van der Waals surface area contributed by atoms with Gasteiger partial charge in [-0.05, 0) is 30.7 Å². The Kier molecular flexibility index (Phi) is 5.83. The molecule has 24 heavy (non-hydrogen) atoms. The van der Waals surface area contributed by atoms with Gasteiger partial charge in [-0.1, -0.05) is 12.1 Å². The van der Waals surface area contributed by atoms with E-state index in [9.17, 15) is 13.6 Å². The van der Waals surface area contributed by atoms with E-state index in [-0.39, 0.29) is 11.5 Å². The SMILES string of the molecule is COc1cccc(C=CC(=O)Nc2cnccc2C)c1OC(F)F. The van der Waals surface area contributed by atoms with E-state index in [1.54, 1.807) is 24.4 Å². The van der Waals surface area contributed by atoms with Crippen LogP contribution in [0.2, 0.25) is 0 Å². The molecule has 126 valence electrons. The second kappa shape index (κ2) is 8.05. The number of alkyl halides is 2. The van der Waals surface area contributed by atoms with E-state index in [0.29, 0.717) is 11.3 Å². The monoisotopic (exact) mass is 334 g/mol. The fraction of sp³-hybridized carbons (Fsp3) is 0.176. The molecule has 2 aromatic rings. The van der Waals surface area contributed by atoms with Crippen LogP contribution in [0.25, 0.3) is 6.08 Å². The molecule has 0 aliphatic rings. The van der Waals surface area contributed by atoms with Gasteiger partial charge >= 0.3 is 6.61 Å². The highest BCUT2D eigenvalue weighted by Crippen LogP contribution is 2.33. The number of methoxy groups -OCH3 is 1. The lowest BCUT2D eigenvalue weighted by molar-refractivity contribution is -0.111. The molecule has 1 heterocycles. The van der Waals surface area contributed by atoms with Crippen LogP contribution in [0.4, 0.5) is 14.5 Å². The van der Waals surface area contributed by atoms with Gasteiger partial charge < -0.3 is 14.8 Å². The molecule has 0 unspecified atom stereocenters. The van der Waals surface area contributed by atoms with Crippen LogP contribution in [0.3, 0.4) is 0 Å². The number of nitrogens with one attached hydrogen (secondary N) is 1. The van der Waals surface area contributed by atoms with Gasteiger partial charge in [-0.25, -0.2) is 0 Å². The fourth-order valence-corrected chi connectivity index (χ4v) is 1.97. The van der Waals surface area contributed by atoms with Crippen molar-refractivity contribution in [2.24, 2.45) is 0 Å². The van der Waals surface area contributed by atoms with E-state index in [1.165, 1.54) is 31.5 Å². The van der Waals surface area contributed by atoms with Gasteiger partial charge in [-0.15, -0.1) is 0 Å². The maximum Gasteiger partial charge on any atom is 0.387 e. The average molecular weight is 334 g/mol. The number of amides is 1. The van der Waals surface area contributed by atoms with Gasteiger partial charge in [0.2, 0.25) is 5.91 Å². The predicted molar refractivity (Wildman–Crippen MR) is 86.3 cm³/mol. The number of aromatic nitrogens is 1. The molecule has 0 radical (unpaired) electrons. The van der Waals surface area contributed by atoms with Crippen molar-refractivity contribution in [3.63, 3.8) is 0 Å². The predicted octanol–water partition coefficient (Wildman–Crippen LogP) is 3.65. The quantitative estimate of drug-likeness (QED) is 0.819. The number of halogens is 2. The molecule has 1 aromatic heterocycles. The number of pyridine rings is 1. The van der Waals surface area contributed by atoms with Crippen LogP contribution >= 0.6 is 0 Å². The van der Waals surface area contributed by atoms with Crippen molar-refractivity contribution < 1.29 is 23.0 Å². The first-order valence-electron chi connectivity index (χ1n) is 7.02. The third-order valence-electron chi connectivity index (χ3n) is 3.15. The Morgan fingerprint density at radius 3 is 2.79 bits per heavy atom. The Bertz CT molecular complexity index is 748. The van der Waals surface area contributed by atoms with E-state index in [0.717, 1.165) is 5.56 Å². The number of para-hydroxylation sites is 1. The molecule has 2 rings (SSSR count). The largest absolute Gasteiger partial charge is 0.493 e. The number of ether oxygens (including phenoxy) is 2.